The summed E-state index contributed by atoms with van der Waals surface area (Å²) in [5.41, 5.74) is 0.618. The van der Waals surface area contributed by atoms with E-state index < -0.39 is 0 Å². The number of aryl methyl sites for hydroxylation is 1. The third-order valence-corrected chi connectivity index (χ3v) is 4.59. The van der Waals surface area contributed by atoms with Crippen molar-refractivity contribution in [2.75, 3.05) is 44.0 Å². The van der Waals surface area contributed by atoms with Crippen LogP contribution in [0.2, 0.25) is 0 Å². The molecule has 0 saturated carbocycles. The number of nitrogens with zero attached hydrogens (tertiary/aromatic N) is 7. The Morgan fingerprint density at radius 2 is 2.12 bits per heavy atom. The van der Waals surface area contributed by atoms with E-state index in [2.05, 4.69) is 20.0 Å². The van der Waals surface area contributed by atoms with Crippen LogP contribution >= 0.6 is 0 Å². The van der Waals surface area contributed by atoms with Gasteiger partial charge in [0.1, 0.15) is 5.82 Å². The van der Waals surface area contributed by atoms with Gasteiger partial charge in [-0.25, -0.2) is 4.98 Å². The van der Waals surface area contributed by atoms with Gasteiger partial charge < -0.3 is 14.7 Å². The van der Waals surface area contributed by atoms with Crippen LogP contribution in [0.1, 0.15) is 23.2 Å². The summed E-state index contributed by atoms with van der Waals surface area (Å²) >= 11 is 0. The molecule has 1 atom stereocenters. The van der Waals surface area contributed by atoms with E-state index in [0.29, 0.717) is 5.56 Å². The molecule has 2 aromatic heterocycles. The van der Waals surface area contributed by atoms with Crippen molar-refractivity contribution < 1.29 is 4.79 Å². The van der Waals surface area contributed by atoms with Gasteiger partial charge in [0, 0.05) is 59.7 Å². The van der Waals surface area contributed by atoms with Crippen molar-refractivity contribution in [3.8, 4) is 0 Å². The molecule has 25 heavy (non-hydrogen) atoms. The van der Waals surface area contributed by atoms with Gasteiger partial charge in [-0.15, -0.1) is 0 Å². The average Bonchev–Trinajstić information content (AvgIpc) is 3.07. The third-order valence-electron chi connectivity index (χ3n) is 4.59. The predicted octanol–water partition coefficient (Wildman–Crippen LogP) is 1.02. The highest BCUT2D eigenvalue weighted by molar-refractivity contribution is 5.93. The first kappa shape index (κ1) is 17.2. The molecule has 1 amide bonds. The van der Waals surface area contributed by atoms with E-state index in [1.807, 2.05) is 44.1 Å². The van der Waals surface area contributed by atoms with Gasteiger partial charge in [-0.2, -0.15) is 10.1 Å². The molecule has 1 saturated heterocycles. The molecule has 0 aromatic carbocycles. The first-order chi connectivity index (χ1) is 12.0. The summed E-state index contributed by atoms with van der Waals surface area (Å²) in [6.45, 7) is 1.64. The molecule has 0 N–H and O–H groups in total. The van der Waals surface area contributed by atoms with Gasteiger partial charge in [0.15, 0.2) is 0 Å². The molecule has 0 bridgehead atoms. The minimum atomic E-state index is 0.00270. The summed E-state index contributed by atoms with van der Waals surface area (Å²) in [5, 5.41) is 4.09. The van der Waals surface area contributed by atoms with E-state index in [1.165, 1.54) is 0 Å². The summed E-state index contributed by atoms with van der Waals surface area (Å²) < 4.78 is 1.65. The zero-order chi connectivity index (χ0) is 18.0. The van der Waals surface area contributed by atoms with Crippen molar-refractivity contribution in [2.24, 2.45) is 7.05 Å². The normalized spacial score (nSPS) is 17.4. The zero-order valence-electron chi connectivity index (χ0n) is 15.3. The van der Waals surface area contributed by atoms with Gasteiger partial charge in [0.2, 0.25) is 5.95 Å². The van der Waals surface area contributed by atoms with E-state index in [1.54, 1.807) is 23.3 Å². The first-order valence-corrected chi connectivity index (χ1v) is 8.47. The lowest BCUT2D eigenvalue weighted by Gasteiger charge is -2.37. The summed E-state index contributed by atoms with van der Waals surface area (Å²) in [4.78, 5) is 27.6. The minimum absolute atomic E-state index is 0.00270. The van der Waals surface area contributed by atoms with Crippen molar-refractivity contribution in [3.05, 3.63) is 30.2 Å². The van der Waals surface area contributed by atoms with Crippen molar-refractivity contribution in [3.63, 3.8) is 0 Å². The first-order valence-electron chi connectivity index (χ1n) is 8.47. The fourth-order valence-corrected chi connectivity index (χ4v) is 3.09. The molecular formula is C17H25N7O. The Morgan fingerprint density at radius 1 is 1.32 bits per heavy atom. The zero-order valence-corrected chi connectivity index (χ0v) is 15.3. The largest absolute Gasteiger partial charge is 0.363 e. The van der Waals surface area contributed by atoms with Crippen LogP contribution in [0.4, 0.5) is 11.8 Å². The van der Waals surface area contributed by atoms with Gasteiger partial charge in [0.25, 0.3) is 5.91 Å². The molecule has 134 valence electrons. The van der Waals surface area contributed by atoms with Crippen LogP contribution in [0, 0.1) is 0 Å². The van der Waals surface area contributed by atoms with E-state index in [4.69, 9.17) is 0 Å². The number of rotatable bonds is 4. The van der Waals surface area contributed by atoms with Crippen molar-refractivity contribution in [1.29, 1.82) is 0 Å². The lowest BCUT2D eigenvalue weighted by molar-refractivity contribution is 0.0717. The van der Waals surface area contributed by atoms with Gasteiger partial charge >= 0.3 is 0 Å². The van der Waals surface area contributed by atoms with Gasteiger partial charge in [0.05, 0.1) is 11.8 Å². The highest BCUT2D eigenvalue weighted by Gasteiger charge is 2.28. The molecule has 8 heteroatoms. The second-order valence-electron chi connectivity index (χ2n) is 6.67. The highest BCUT2D eigenvalue weighted by Crippen LogP contribution is 2.21. The predicted molar refractivity (Wildman–Crippen MR) is 96.9 cm³/mol. The minimum Gasteiger partial charge on any atom is -0.363 e. The van der Waals surface area contributed by atoms with Gasteiger partial charge in [-0.3, -0.25) is 9.48 Å². The fourth-order valence-electron chi connectivity index (χ4n) is 3.09. The molecule has 1 unspecified atom stereocenters. The number of hydrogen-bond donors (Lipinski definition) is 0. The number of anilines is 2. The monoisotopic (exact) mass is 343 g/mol. The van der Waals surface area contributed by atoms with Crippen molar-refractivity contribution >= 4 is 17.7 Å². The Morgan fingerprint density at radius 3 is 2.80 bits per heavy atom. The van der Waals surface area contributed by atoms with E-state index in [9.17, 15) is 4.79 Å². The Balaban J connectivity index is 1.72. The number of likely N-dealkylation sites (N-methyl/N-ethyl adjacent to an activating group) is 1. The maximum absolute atomic E-state index is 12.7. The van der Waals surface area contributed by atoms with Gasteiger partial charge in [-0.1, -0.05) is 0 Å². The molecule has 8 nitrogen and oxygen atoms in total. The summed E-state index contributed by atoms with van der Waals surface area (Å²) in [6, 6.07) is 2.02. The maximum Gasteiger partial charge on any atom is 0.257 e. The van der Waals surface area contributed by atoms with Crippen LogP contribution in [-0.4, -0.2) is 70.8 Å². The van der Waals surface area contributed by atoms with Crippen LogP contribution < -0.4 is 9.80 Å². The van der Waals surface area contributed by atoms with Crippen LogP contribution in [0.15, 0.2) is 24.7 Å². The summed E-state index contributed by atoms with van der Waals surface area (Å²) in [5.74, 6) is 1.60. The maximum atomic E-state index is 12.7. The standard InChI is InChI=1S/C17H25N7O/c1-21(2)15-7-8-18-17(20-15)24-9-5-6-14(12-24)23(4)16(25)13-10-19-22(3)11-13/h7-8,10-11,14H,5-6,9,12H2,1-4H3. The van der Waals surface area contributed by atoms with E-state index in [0.717, 1.165) is 37.7 Å². The molecule has 1 aliphatic heterocycles. The quantitative estimate of drug-likeness (QED) is 0.825. The van der Waals surface area contributed by atoms with Gasteiger partial charge in [-0.05, 0) is 18.9 Å². The van der Waals surface area contributed by atoms with E-state index >= 15 is 0 Å². The Labute approximate surface area is 148 Å². The lowest BCUT2D eigenvalue weighted by Crippen LogP contribution is -2.49. The smallest absolute Gasteiger partial charge is 0.257 e. The SMILES string of the molecule is CN(C)c1ccnc(N2CCCC(N(C)C(=O)c3cnn(C)c3)C2)n1. The highest BCUT2D eigenvalue weighted by atomic mass is 16.2. The van der Waals surface area contributed by atoms with E-state index in [-0.39, 0.29) is 11.9 Å². The van der Waals surface area contributed by atoms with Crippen molar-refractivity contribution in [1.82, 2.24) is 24.6 Å². The van der Waals surface area contributed by atoms with Crippen LogP contribution in [-0.2, 0) is 7.05 Å². The molecular weight excluding hydrogens is 318 g/mol. The fraction of sp³-hybridized carbons (Fsp3) is 0.529. The third kappa shape index (κ3) is 3.72. The molecule has 2 aromatic rings. The van der Waals surface area contributed by atoms with Crippen LogP contribution in [0.3, 0.4) is 0 Å². The lowest BCUT2D eigenvalue weighted by atomic mass is 10.0. The number of aromatic nitrogens is 4. The number of hydrogen-bond acceptors (Lipinski definition) is 6. The van der Waals surface area contributed by atoms with Crippen molar-refractivity contribution in [2.45, 2.75) is 18.9 Å². The molecule has 1 fully saturated rings. The molecule has 3 rings (SSSR count). The Hall–Kier alpha value is -2.64. The second-order valence-corrected chi connectivity index (χ2v) is 6.67. The number of piperidine rings is 1. The van der Waals surface area contributed by atoms with Crippen LogP contribution in [0.25, 0.3) is 0 Å². The molecule has 0 spiro atoms. The average molecular weight is 343 g/mol. The second kappa shape index (κ2) is 7.08. The number of amides is 1. The number of carbonyl (C=O) groups excluding carboxylic acids is 1. The molecule has 1 aliphatic rings. The molecule has 0 radical (unpaired) electrons. The summed E-state index contributed by atoms with van der Waals surface area (Å²) in [7, 11) is 7.60. The topological polar surface area (TPSA) is 70.4 Å². The summed E-state index contributed by atoms with van der Waals surface area (Å²) in [6.07, 6.45) is 7.13. The Kier molecular flexibility index (Phi) is 4.87. The number of carbonyl (C=O) groups is 1. The molecule has 0 aliphatic carbocycles. The Bertz CT molecular complexity index is 742. The van der Waals surface area contributed by atoms with Crippen LogP contribution in [0.5, 0.6) is 0 Å². The molecule has 3 heterocycles.